The lowest BCUT2D eigenvalue weighted by molar-refractivity contribution is 0.134. The maximum absolute atomic E-state index is 13.8. The van der Waals surface area contributed by atoms with E-state index in [1.54, 1.807) is 13.0 Å². The second-order valence-electron chi connectivity index (χ2n) is 5.25. The van der Waals surface area contributed by atoms with Gasteiger partial charge in [0.25, 0.3) is 0 Å². The number of hydrogen-bond donors (Lipinski definition) is 1. The Morgan fingerprint density at radius 1 is 1.05 bits per heavy atom. The van der Waals surface area contributed by atoms with Gasteiger partial charge < -0.3 is 10.1 Å². The van der Waals surface area contributed by atoms with Gasteiger partial charge in [-0.2, -0.15) is 0 Å². The van der Waals surface area contributed by atoms with Crippen LogP contribution in [0.5, 0.6) is 0 Å². The molecule has 1 unspecified atom stereocenters. The number of nitrogens with one attached hydrogen (secondary N) is 1. The molecule has 3 heteroatoms. The Balaban J connectivity index is 1.98. The highest BCUT2D eigenvalue weighted by atomic mass is 19.1. The van der Waals surface area contributed by atoms with E-state index in [-0.39, 0.29) is 11.9 Å². The number of halogens is 1. The zero-order valence-corrected chi connectivity index (χ0v) is 11.7. The summed E-state index contributed by atoms with van der Waals surface area (Å²) in [6.07, 6.45) is 0. The molecule has 3 rings (SSSR count). The van der Waals surface area contributed by atoms with Gasteiger partial charge in [-0.3, -0.25) is 0 Å². The van der Waals surface area contributed by atoms with E-state index >= 15 is 0 Å². The van der Waals surface area contributed by atoms with Crippen LogP contribution in [0, 0.1) is 12.7 Å². The number of aryl methyl sites for hydroxylation is 1. The zero-order chi connectivity index (χ0) is 14.1. The van der Waals surface area contributed by atoms with Crippen molar-refractivity contribution in [2.45, 2.75) is 26.2 Å². The molecule has 1 aliphatic rings. The first kappa shape index (κ1) is 13.3. The normalized spacial score (nSPS) is 15.2. The van der Waals surface area contributed by atoms with Crippen molar-refractivity contribution >= 4 is 0 Å². The topological polar surface area (TPSA) is 21.3 Å². The summed E-state index contributed by atoms with van der Waals surface area (Å²) in [6.45, 7) is 3.14. The number of ether oxygens (including phenoxy) is 1. The summed E-state index contributed by atoms with van der Waals surface area (Å²) in [7, 11) is 1.89. The summed E-state index contributed by atoms with van der Waals surface area (Å²) >= 11 is 0. The fourth-order valence-corrected chi connectivity index (χ4v) is 2.69. The molecule has 0 aromatic heterocycles. The molecule has 20 heavy (non-hydrogen) atoms. The minimum Gasteiger partial charge on any atom is -0.372 e. The van der Waals surface area contributed by atoms with E-state index in [2.05, 4.69) is 23.5 Å². The molecular formula is C17H18FNO. The Bertz CT molecular complexity index is 639. The van der Waals surface area contributed by atoms with Crippen LogP contribution in [0.25, 0.3) is 0 Å². The van der Waals surface area contributed by atoms with E-state index < -0.39 is 0 Å². The highest BCUT2D eigenvalue weighted by Gasteiger charge is 2.17. The van der Waals surface area contributed by atoms with Crippen LogP contribution in [0.3, 0.4) is 0 Å². The van der Waals surface area contributed by atoms with E-state index in [1.165, 1.54) is 11.1 Å². The number of rotatable bonds is 3. The molecule has 0 fully saturated rings. The van der Waals surface area contributed by atoms with Gasteiger partial charge in [-0.15, -0.1) is 0 Å². The van der Waals surface area contributed by atoms with Crippen LogP contribution in [0.1, 0.15) is 33.9 Å². The standard InChI is InChI=1S/C17H18FNO/c1-11-3-4-13(8-16(11)18)17(19-2)12-5-6-14-9-20-10-15(14)7-12/h3-8,17,19H,9-10H2,1-2H3. The first-order valence-corrected chi connectivity index (χ1v) is 6.82. The fraction of sp³-hybridized carbons (Fsp3) is 0.294. The van der Waals surface area contributed by atoms with Crippen molar-refractivity contribution in [1.82, 2.24) is 5.32 Å². The molecule has 1 heterocycles. The van der Waals surface area contributed by atoms with E-state index in [0.29, 0.717) is 18.8 Å². The predicted octanol–water partition coefficient (Wildman–Crippen LogP) is 3.47. The van der Waals surface area contributed by atoms with Crippen LogP contribution >= 0.6 is 0 Å². The Kier molecular flexibility index (Phi) is 3.55. The van der Waals surface area contributed by atoms with Gasteiger partial charge in [0, 0.05) is 0 Å². The molecule has 0 amide bonds. The van der Waals surface area contributed by atoms with Crippen molar-refractivity contribution in [1.29, 1.82) is 0 Å². The molecule has 2 nitrogen and oxygen atoms in total. The number of benzene rings is 2. The first-order valence-electron chi connectivity index (χ1n) is 6.82. The lowest BCUT2D eigenvalue weighted by Crippen LogP contribution is -2.18. The van der Waals surface area contributed by atoms with Gasteiger partial charge in [-0.25, -0.2) is 4.39 Å². The van der Waals surface area contributed by atoms with Crippen LogP contribution in [0.2, 0.25) is 0 Å². The maximum Gasteiger partial charge on any atom is 0.126 e. The van der Waals surface area contributed by atoms with Gasteiger partial charge in [0.15, 0.2) is 0 Å². The molecule has 1 N–H and O–H groups in total. The van der Waals surface area contributed by atoms with Crippen LogP contribution in [-0.2, 0) is 18.0 Å². The smallest absolute Gasteiger partial charge is 0.126 e. The zero-order valence-electron chi connectivity index (χ0n) is 11.7. The largest absolute Gasteiger partial charge is 0.372 e. The highest BCUT2D eigenvalue weighted by Crippen LogP contribution is 2.28. The Hall–Kier alpha value is -1.71. The van der Waals surface area contributed by atoms with Gasteiger partial charge in [0.05, 0.1) is 19.3 Å². The minimum atomic E-state index is -0.160. The highest BCUT2D eigenvalue weighted by molar-refractivity contribution is 5.39. The molecule has 0 aliphatic carbocycles. The van der Waals surface area contributed by atoms with Crippen molar-refractivity contribution in [3.8, 4) is 0 Å². The summed E-state index contributed by atoms with van der Waals surface area (Å²) in [5.74, 6) is -0.160. The first-order chi connectivity index (χ1) is 9.69. The monoisotopic (exact) mass is 271 g/mol. The van der Waals surface area contributed by atoms with Crippen molar-refractivity contribution in [2.75, 3.05) is 7.05 Å². The van der Waals surface area contributed by atoms with E-state index in [9.17, 15) is 4.39 Å². The molecule has 2 aromatic carbocycles. The van der Waals surface area contributed by atoms with E-state index in [1.807, 2.05) is 19.2 Å². The average Bonchev–Trinajstić information content (AvgIpc) is 2.91. The summed E-state index contributed by atoms with van der Waals surface area (Å²) < 4.78 is 19.2. The van der Waals surface area contributed by atoms with E-state index in [4.69, 9.17) is 4.74 Å². The lowest BCUT2D eigenvalue weighted by atomic mass is 9.95. The third-order valence-corrected chi connectivity index (χ3v) is 3.90. The molecule has 0 spiro atoms. The van der Waals surface area contributed by atoms with Crippen molar-refractivity contribution in [3.05, 3.63) is 70.0 Å². The average molecular weight is 271 g/mol. The fourth-order valence-electron chi connectivity index (χ4n) is 2.69. The van der Waals surface area contributed by atoms with E-state index in [0.717, 1.165) is 11.1 Å². The van der Waals surface area contributed by atoms with Crippen LogP contribution < -0.4 is 5.32 Å². The molecule has 0 saturated heterocycles. The van der Waals surface area contributed by atoms with Gasteiger partial charge in [0.2, 0.25) is 0 Å². The molecule has 104 valence electrons. The van der Waals surface area contributed by atoms with Crippen LogP contribution in [0.15, 0.2) is 36.4 Å². The molecule has 1 aliphatic heterocycles. The van der Waals surface area contributed by atoms with Gasteiger partial charge in [0.1, 0.15) is 5.82 Å². The van der Waals surface area contributed by atoms with Crippen molar-refractivity contribution < 1.29 is 9.13 Å². The maximum atomic E-state index is 13.8. The molecule has 2 aromatic rings. The Morgan fingerprint density at radius 3 is 2.50 bits per heavy atom. The Labute approximate surface area is 118 Å². The number of hydrogen-bond acceptors (Lipinski definition) is 2. The van der Waals surface area contributed by atoms with Gasteiger partial charge in [-0.05, 0) is 47.9 Å². The minimum absolute atomic E-state index is 0.00370. The quantitative estimate of drug-likeness (QED) is 0.923. The third-order valence-electron chi connectivity index (χ3n) is 3.90. The molecule has 0 saturated carbocycles. The van der Waals surface area contributed by atoms with Gasteiger partial charge in [-0.1, -0.05) is 30.3 Å². The van der Waals surface area contributed by atoms with Crippen molar-refractivity contribution in [3.63, 3.8) is 0 Å². The molecular weight excluding hydrogens is 253 g/mol. The molecule has 0 bridgehead atoms. The predicted molar refractivity (Wildman–Crippen MR) is 77.0 cm³/mol. The SMILES string of the molecule is CNC(c1ccc(C)c(F)c1)c1ccc2c(c1)COC2. The van der Waals surface area contributed by atoms with Crippen LogP contribution in [0.4, 0.5) is 4.39 Å². The second kappa shape index (κ2) is 5.35. The van der Waals surface area contributed by atoms with Crippen molar-refractivity contribution in [2.24, 2.45) is 0 Å². The summed E-state index contributed by atoms with van der Waals surface area (Å²) in [6, 6.07) is 11.8. The molecule has 1 atom stereocenters. The third kappa shape index (κ3) is 2.35. The summed E-state index contributed by atoms with van der Waals surface area (Å²) in [5, 5.41) is 3.27. The lowest BCUT2D eigenvalue weighted by Gasteiger charge is -2.18. The summed E-state index contributed by atoms with van der Waals surface area (Å²) in [4.78, 5) is 0. The number of fused-ring (bicyclic) bond motifs is 1. The second-order valence-corrected chi connectivity index (χ2v) is 5.25. The summed E-state index contributed by atoms with van der Waals surface area (Å²) in [5.41, 5.74) is 5.23. The molecule has 0 radical (unpaired) electrons. The van der Waals surface area contributed by atoms with Gasteiger partial charge >= 0.3 is 0 Å². The Morgan fingerprint density at radius 2 is 1.75 bits per heavy atom. The van der Waals surface area contributed by atoms with Crippen LogP contribution in [-0.4, -0.2) is 7.05 Å².